The lowest BCUT2D eigenvalue weighted by molar-refractivity contribution is 0.0696. The van der Waals surface area contributed by atoms with Crippen molar-refractivity contribution in [1.82, 2.24) is 4.57 Å². The van der Waals surface area contributed by atoms with Gasteiger partial charge in [0.25, 0.3) is 0 Å². The topological polar surface area (TPSA) is 59.3 Å². The highest BCUT2D eigenvalue weighted by molar-refractivity contribution is 6.41. The molecule has 7 heteroatoms. The molecule has 4 aromatic rings. The van der Waals surface area contributed by atoms with Crippen molar-refractivity contribution in [3.05, 3.63) is 99.4 Å². The third-order valence-electron chi connectivity index (χ3n) is 4.60. The minimum Gasteiger partial charge on any atom is -0.478 e. The van der Waals surface area contributed by atoms with Crippen molar-refractivity contribution in [3.8, 4) is 5.69 Å². The molecule has 1 heterocycles. The number of aromatic carboxylic acids is 1. The van der Waals surface area contributed by atoms with Gasteiger partial charge in [-0.25, -0.2) is 9.18 Å². The Morgan fingerprint density at radius 3 is 2.28 bits per heavy atom. The molecule has 0 bridgehead atoms. The highest BCUT2D eigenvalue weighted by atomic mass is 35.5. The third-order valence-corrected chi connectivity index (χ3v) is 5.23. The number of para-hydroxylation sites is 1. The van der Waals surface area contributed by atoms with Crippen molar-refractivity contribution in [1.29, 1.82) is 0 Å². The Kier molecular flexibility index (Phi) is 4.86. The van der Waals surface area contributed by atoms with Crippen LogP contribution in [0.3, 0.4) is 0 Å². The number of aromatic nitrogens is 1. The fourth-order valence-corrected chi connectivity index (χ4v) is 3.81. The number of carbonyl (C=O) groups is 2. The lowest BCUT2D eigenvalue weighted by Gasteiger charge is -2.07. The van der Waals surface area contributed by atoms with Gasteiger partial charge in [-0.2, -0.15) is 0 Å². The lowest BCUT2D eigenvalue weighted by Crippen LogP contribution is -2.03. The van der Waals surface area contributed by atoms with Crippen LogP contribution in [0, 0.1) is 5.82 Å². The summed E-state index contributed by atoms with van der Waals surface area (Å²) in [5.41, 5.74) is 1.01. The number of halogens is 3. The molecule has 0 saturated heterocycles. The molecule has 0 spiro atoms. The summed E-state index contributed by atoms with van der Waals surface area (Å²) in [5, 5.41) is 10.1. The minimum atomic E-state index is -1.22. The second-order valence-corrected chi connectivity index (χ2v) is 7.14. The Balaban J connectivity index is 1.94. The van der Waals surface area contributed by atoms with Crippen LogP contribution in [-0.2, 0) is 0 Å². The van der Waals surface area contributed by atoms with Crippen molar-refractivity contribution < 1.29 is 19.1 Å². The van der Waals surface area contributed by atoms with Gasteiger partial charge in [0.1, 0.15) is 5.82 Å². The van der Waals surface area contributed by atoms with Crippen LogP contribution in [0.4, 0.5) is 4.39 Å². The van der Waals surface area contributed by atoms with Gasteiger partial charge in [-0.3, -0.25) is 4.79 Å². The zero-order chi connectivity index (χ0) is 20.7. The summed E-state index contributed by atoms with van der Waals surface area (Å²) < 4.78 is 16.2. The number of rotatable bonds is 4. The smallest absolute Gasteiger partial charge is 0.335 e. The summed E-state index contributed by atoms with van der Waals surface area (Å²) in [6.07, 6.45) is 1.51. The number of carboxylic acids is 1. The number of carbonyl (C=O) groups excluding carboxylic acids is 1. The van der Waals surface area contributed by atoms with Gasteiger partial charge in [-0.1, -0.05) is 47.5 Å². The van der Waals surface area contributed by atoms with Gasteiger partial charge in [0, 0.05) is 17.1 Å². The number of nitrogens with zero attached hydrogens (tertiary/aromatic N) is 1. The number of hydrogen-bond acceptors (Lipinski definition) is 2. The largest absolute Gasteiger partial charge is 0.478 e. The summed E-state index contributed by atoms with van der Waals surface area (Å²) in [4.78, 5) is 24.3. The SMILES string of the molecule is O=C(O)c1ccc(-n2cc(C(=O)c3c(Cl)cccc3Cl)c3ccccc32)c(F)c1. The normalized spacial score (nSPS) is 11.0. The van der Waals surface area contributed by atoms with E-state index in [4.69, 9.17) is 28.3 Å². The van der Waals surface area contributed by atoms with E-state index in [1.54, 1.807) is 42.5 Å². The van der Waals surface area contributed by atoms with Gasteiger partial charge in [-0.05, 0) is 36.4 Å². The molecule has 29 heavy (non-hydrogen) atoms. The van der Waals surface area contributed by atoms with E-state index in [1.807, 2.05) is 0 Å². The Labute approximate surface area is 174 Å². The van der Waals surface area contributed by atoms with Crippen LogP contribution >= 0.6 is 23.2 Å². The second-order valence-electron chi connectivity index (χ2n) is 6.33. The van der Waals surface area contributed by atoms with Crippen LogP contribution in [0.25, 0.3) is 16.6 Å². The number of fused-ring (bicyclic) bond motifs is 1. The molecule has 4 rings (SSSR count). The number of ketones is 1. The van der Waals surface area contributed by atoms with Crippen molar-refractivity contribution >= 4 is 45.9 Å². The minimum absolute atomic E-state index is 0.121. The summed E-state index contributed by atoms with van der Waals surface area (Å²) in [6.45, 7) is 0. The number of carboxylic acid groups (broad SMARTS) is 1. The standard InChI is InChI=1S/C22H12Cl2FNO3/c23-15-5-3-6-16(24)20(15)21(27)14-11-26(18-7-2-1-4-13(14)18)19-9-8-12(22(28)29)10-17(19)25/h1-11H,(H,28,29). The van der Waals surface area contributed by atoms with E-state index in [-0.39, 0.29) is 26.9 Å². The molecule has 1 N–H and O–H groups in total. The molecular formula is C22H12Cl2FNO3. The monoisotopic (exact) mass is 427 g/mol. The Hall–Kier alpha value is -3.15. The molecule has 0 aliphatic heterocycles. The van der Waals surface area contributed by atoms with E-state index in [0.717, 1.165) is 6.07 Å². The molecule has 0 amide bonds. The molecule has 0 radical (unpaired) electrons. The van der Waals surface area contributed by atoms with Gasteiger partial charge in [0.15, 0.2) is 5.78 Å². The maximum absolute atomic E-state index is 14.7. The Morgan fingerprint density at radius 2 is 1.62 bits per heavy atom. The van der Waals surface area contributed by atoms with E-state index in [9.17, 15) is 14.0 Å². The average molecular weight is 428 g/mol. The zero-order valence-corrected chi connectivity index (χ0v) is 16.2. The van der Waals surface area contributed by atoms with E-state index in [1.165, 1.54) is 22.9 Å². The van der Waals surface area contributed by atoms with Crippen LogP contribution in [0.5, 0.6) is 0 Å². The van der Waals surface area contributed by atoms with Gasteiger partial charge >= 0.3 is 5.97 Å². The number of hydrogen-bond donors (Lipinski definition) is 1. The van der Waals surface area contributed by atoms with E-state index in [0.29, 0.717) is 16.5 Å². The average Bonchev–Trinajstić information content (AvgIpc) is 3.07. The predicted octanol–water partition coefficient (Wildman–Crippen LogP) is 6.01. The first kappa shape index (κ1) is 19.2. The quantitative estimate of drug-likeness (QED) is 0.406. The van der Waals surface area contributed by atoms with Crippen LogP contribution in [0.15, 0.2) is 66.9 Å². The second kappa shape index (κ2) is 7.35. The summed E-state index contributed by atoms with van der Waals surface area (Å²) >= 11 is 12.4. The summed E-state index contributed by atoms with van der Waals surface area (Å²) in [5.74, 6) is -2.34. The fraction of sp³-hybridized carbons (Fsp3) is 0. The van der Waals surface area contributed by atoms with E-state index < -0.39 is 17.6 Å². The molecule has 1 aromatic heterocycles. The Morgan fingerprint density at radius 1 is 0.931 bits per heavy atom. The van der Waals surface area contributed by atoms with E-state index in [2.05, 4.69) is 0 Å². The van der Waals surface area contributed by atoms with Gasteiger partial charge < -0.3 is 9.67 Å². The first-order chi connectivity index (χ1) is 13.9. The molecule has 0 atom stereocenters. The molecular weight excluding hydrogens is 416 g/mol. The summed E-state index contributed by atoms with van der Waals surface area (Å²) in [7, 11) is 0. The molecule has 0 unspecified atom stereocenters. The van der Waals surface area contributed by atoms with Crippen molar-refractivity contribution in [3.63, 3.8) is 0 Å². The van der Waals surface area contributed by atoms with Crippen LogP contribution < -0.4 is 0 Å². The maximum atomic E-state index is 14.7. The first-order valence-electron chi connectivity index (χ1n) is 8.50. The van der Waals surface area contributed by atoms with E-state index >= 15 is 0 Å². The third kappa shape index (κ3) is 3.28. The van der Waals surface area contributed by atoms with Crippen LogP contribution in [0.2, 0.25) is 10.0 Å². The molecule has 0 saturated carbocycles. The molecule has 4 nitrogen and oxygen atoms in total. The van der Waals surface area contributed by atoms with Crippen LogP contribution in [0.1, 0.15) is 26.3 Å². The summed E-state index contributed by atoms with van der Waals surface area (Å²) in [6, 6.07) is 15.4. The van der Waals surface area contributed by atoms with Crippen molar-refractivity contribution in [2.45, 2.75) is 0 Å². The molecule has 0 aliphatic carbocycles. The van der Waals surface area contributed by atoms with Gasteiger partial charge in [0.2, 0.25) is 0 Å². The zero-order valence-electron chi connectivity index (χ0n) is 14.7. The Bertz CT molecular complexity index is 1280. The predicted molar refractivity (Wildman–Crippen MR) is 110 cm³/mol. The van der Waals surface area contributed by atoms with Gasteiger partial charge in [0.05, 0.1) is 32.4 Å². The fourth-order valence-electron chi connectivity index (χ4n) is 3.24. The maximum Gasteiger partial charge on any atom is 0.335 e. The highest BCUT2D eigenvalue weighted by Crippen LogP contribution is 2.32. The number of benzene rings is 3. The molecule has 144 valence electrons. The molecule has 0 aliphatic rings. The highest BCUT2D eigenvalue weighted by Gasteiger charge is 2.22. The van der Waals surface area contributed by atoms with Crippen molar-refractivity contribution in [2.24, 2.45) is 0 Å². The van der Waals surface area contributed by atoms with Crippen molar-refractivity contribution in [2.75, 3.05) is 0 Å². The first-order valence-corrected chi connectivity index (χ1v) is 9.26. The van der Waals surface area contributed by atoms with Gasteiger partial charge in [-0.15, -0.1) is 0 Å². The lowest BCUT2D eigenvalue weighted by atomic mass is 10.0. The molecule has 3 aromatic carbocycles. The molecule has 0 fully saturated rings. The van der Waals surface area contributed by atoms with Crippen LogP contribution in [-0.4, -0.2) is 21.4 Å².